The minimum absolute atomic E-state index is 0.268. The van der Waals surface area contributed by atoms with Crippen molar-refractivity contribution >= 4 is 28.8 Å². The molecule has 0 aliphatic carbocycles. The Morgan fingerprint density at radius 1 is 0.750 bits per heavy atom. The first-order valence-corrected chi connectivity index (χ1v) is 10.5. The van der Waals surface area contributed by atoms with Crippen LogP contribution in [0, 0.1) is 27.7 Å². The lowest BCUT2D eigenvalue weighted by Gasteiger charge is -2.16. The molecule has 162 valence electrons. The lowest BCUT2D eigenvalue weighted by Crippen LogP contribution is -2.32. The van der Waals surface area contributed by atoms with E-state index in [-0.39, 0.29) is 11.6 Å². The van der Waals surface area contributed by atoms with E-state index in [9.17, 15) is 9.59 Å². The zero-order valence-corrected chi connectivity index (χ0v) is 18.9. The highest BCUT2D eigenvalue weighted by Crippen LogP contribution is 2.35. The van der Waals surface area contributed by atoms with Crippen molar-refractivity contribution in [3.05, 3.63) is 94.2 Å². The summed E-state index contributed by atoms with van der Waals surface area (Å²) in [6, 6.07) is 18.7. The number of amides is 2. The molecule has 3 aromatic rings. The van der Waals surface area contributed by atoms with Crippen LogP contribution in [0.5, 0.6) is 5.75 Å². The van der Waals surface area contributed by atoms with E-state index in [1.54, 1.807) is 31.4 Å². The highest BCUT2D eigenvalue weighted by atomic mass is 16.5. The number of aryl methyl sites for hydroxylation is 4. The molecule has 32 heavy (non-hydrogen) atoms. The van der Waals surface area contributed by atoms with Gasteiger partial charge in [-0.25, -0.2) is 4.90 Å². The topological polar surface area (TPSA) is 58.6 Å². The van der Waals surface area contributed by atoms with Crippen LogP contribution < -0.4 is 15.0 Å². The van der Waals surface area contributed by atoms with Gasteiger partial charge in [-0.2, -0.15) is 0 Å². The van der Waals surface area contributed by atoms with Gasteiger partial charge in [-0.15, -0.1) is 0 Å². The number of nitrogens with one attached hydrogen (secondary N) is 1. The number of hydrogen-bond acceptors (Lipinski definition) is 4. The molecule has 0 radical (unpaired) electrons. The summed E-state index contributed by atoms with van der Waals surface area (Å²) >= 11 is 0. The highest BCUT2D eigenvalue weighted by Gasteiger charge is 2.40. The second-order valence-corrected chi connectivity index (χ2v) is 8.12. The monoisotopic (exact) mass is 426 g/mol. The third kappa shape index (κ3) is 3.78. The van der Waals surface area contributed by atoms with Crippen molar-refractivity contribution in [1.82, 2.24) is 0 Å². The standard InChI is InChI=1S/C27H26N2O3/c1-16-9-11-20(13-18(16)3)24-25(28-21-12-10-17(2)19(4)14-21)27(31)29(26(24)30)22-7-6-8-23(15-22)32-5/h6-15,28H,1-5H3. The Labute approximate surface area is 188 Å². The number of carbonyl (C=O) groups is 2. The van der Waals surface area contributed by atoms with E-state index in [1.165, 1.54) is 4.90 Å². The molecule has 0 atom stereocenters. The number of hydrogen-bond donors (Lipinski definition) is 1. The van der Waals surface area contributed by atoms with E-state index in [2.05, 4.69) is 5.32 Å². The van der Waals surface area contributed by atoms with E-state index in [0.717, 1.165) is 27.9 Å². The number of rotatable bonds is 5. The fraction of sp³-hybridized carbons (Fsp3) is 0.185. The first-order valence-electron chi connectivity index (χ1n) is 10.5. The maximum absolute atomic E-state index is 13.6. The average molecular weight is 427 g/mol. The SMILES string of the molecule is COc1cccc(N2C(=O)C(Nc3ccc(C)c(C)c3)=C(c3ccc(C)c(C)c3)C2=O)c1. The van der Waals surface area contributed by atoms with Crippen LogP contribution in [-0.4, -0.2) is 18.9 Å². The van der Waals surface area contributed by atoms with Crippen LogP contribution in [0.3, 0.4) is 0 Å². The Kier molecular flexibility index (Phi) is 5.57. The third-order valence-electron chi connectivity index (χ3n) is 5.97. The first-order chi connectivity index (χ1) is 15.3. The van der Waals surface area contributed by atoms with Crippen molar-refractivity contribution in [2.24, 2.45) is 0 Å². The summed E-state index contributed by atoms with van der Waals surface area (Å²) in [5, 5.41) is 3.24. The summed E-state index contributed by atoms with van der Waals surface area (Å²) in [4.78, 5) is 28.4. The molecule has 0 aromatic heterocycles. The predicted octanol–water partition coefficient (Wildman–Crippen LogP) is 5.33. The summed E-state index contributed by atoms with van der Waals surface area (Å²) in [6.07, 6.45) is 0. The maximum atomic E-state index is 13.6. The summed E-state index contributed by atoms with van der Waals surface area (Å²) in [5.41, 5.74) is 7.01. The van der Waals surface area contributed by atoms with Crippen molar-refractivity contribution in [2.75, 3.05) is 17.3 Å². The summed E-state index contributed by atoms with van der Waals surface area (Å²) in [5.74, 6) is -0.182. The number of carbonyl (C=O) groups excluding carboxylic acids is 2. The molecule has 1 aliphatic heterocycles. The van der Waals surface area contributed by atoms with E-state index >= 15 is 0 Å². The Balaban J connectivity index is 1.84. The lowest BCUT2D eigenvalue weighted by atomic mass is 9.99. The minimum atomic E-state index is -0.394. The molecule has 4 rings (SSSR count). The van der Waals surface area contributed by atoms with Crippen LogP contribution in [0.25, 0.3) is 5.57 Å². The highest BCUT2D eigenvalue weighted by molar-refractivity contribution is 6.46. The van der Waals surface area contributed by atoms with Crippen molar-refractivity contribution in [1.29, 1.82) is 0 Å². The van der Waals surface area contributed by atoms with Crippen molar-refractivity contribution in [2.45, 2.75) is 27.7 Å². The quantitative estimate of drug-likeness (QED) is 0.561. The summed E-state index contributed by atoms with van der Waals surface area (Å²) in [6.45, 7) is 8.07. The lowest BCUT2D eigenvalue weighted by molar-refractivity contribution is -0.120. The van der Waals surface area contributed by atoms with Gasteiger partial charge in [0, 0.05) is 11.8 Å². The van der Waals surface area contributed by atoms with Gasteiger partial charge < -0.3 is 10.1 Å². The second kappa shape index (κ2) is 8.35. The van der Waals surface area contributed by atoms with Gasteiger partial charge in [0.05, 0.1) is 18.4 Å². The van der Waals surface area contributed by atoms with Gasteiger partial charge in [0.15, 0.2) is 0 Å². The molecule has 0 spiro atoms. The number of imide groups is 1. The number of ether oxygens (including phenoxy) is 1. The third-order valence-corrected chi connectivity index (χ3v) is 5.97. The molecule has 0 saturated heterocycles. The van der Waals surface area contributed by atoms with E-state index < -0.39 is 5.91 Å². The van der Waals surface area contributed by atoms with Gasteiger partial charge in [-0.3, -0.25) is 9.59 Å². The molecule has 1 N–H and O–H groups in total. The van der Waals surface area contributed by atoms with E-state index in [4.69, 9.17) is 4.74 Å². The summed E-state index contributed by atoms with van der Waals surface area (Å²) < 4.78 is 5.29. The molecular weight excluding hydrogens is 400 g/mol. The van der Waals surface area contributed by atoms with Gasteiger partial charge in [0.2, 0.25) is 0 Å². The minimum Gasteiger partial charge on any atom is -0.497 e. The Hall–Kier alpha value is -3.86. The van der Waals surface area contributed by atoms with Crippen LogP contribution in [0.1, 0.15) is 27.8 Å². The van der Waals surface area contributed by atoms with Crippen LogP contribution in [0.4, 0.5) is 11.4 Å². The average Bonchev–Trinajstić information content (AvgIpc) is 3.02. The number of methoxy groups -OCH3 is 1. The Morgan fingerprint density at radius 3 is 2.09 bits per heavy atom. The zero-order chi connectivity index (χ0) is 23.0. The van der Waals surface area contributed by atoms with Crippen molar-refractivity contribution in [3.8, 4) is 5.75 Å². The molecule has 3 aromatic carbocycles. The Morgan fingerprint density at radius 2 is 1.44 bits per heavy atom. The molecule has 5 nitrogen and oxygen atoms in total. The fourth-order valence-electron chi connectivity index (χ4n) is 3.76. The van der Waals surface area contributed by atoms with Crippen LogP contribution in [-0.2, 0) is 9.59 Å². The second-order valence-electron chi connectivity index (χ2n) is 8.12. The van der Waals surface area contributed by atoms with Gasteiger partial charge in [0.1, 0.15) is 11.4 Å². The molecule has 0 bridgehead atoms. The zero-order valence-electron chi connectivity index (χ0n) is 18.9. The number of benzene rings is 3. The largest absolute Gasteiger partial charge is 0.497 e. The molecular formula is C27H26N2O3. The molecule has 0 unspecified atom stereocenters. The molecule has 1 heterocycles. The predicted molar refractivity (Wildman–Crippen MR) is 128 cm³/mol. The van der Waals surface area contributed by atoms with Gasteiger partial charge >= 0.3 is 0 Å². The molecule has 1 aliphatic rings. The van der Waals surface area contributed by atoms with Gasteiger partial charge in [-0.1, -0.05) is 30.3 Å². The number of anilines is 2. The molecule has 0 fully saturated rings. The van der Waals surface area contributed by atoms with Gasteiger partial charge in [0.25, 0.3) is 11.8 Å². The smallest absolute Gasteiger partial charge is 0.282 e. The fourth-order valence-corrected chi connectivity index (χ4v) is 3.76. The van der Waals surface area contributed by atoms with Crippen molar-refractivity contribution < 1.29 is 14.3 Å². The van der Waals surface area contributed by atoms with Crippen LogP contribution in [0.15, 0.2) is 66.4 Å². The first kappa shape index (κ1) is 21.4. The van der Waals surface area contributed by atoms with Gasteiger partial charge in [-0.05, 0) is 79.8 Å². The number of nitrogens with zero attached hydrogens (tertiary/aromatic N) is 1. The van der Waals surface area contributed by atoms with Crippen LogP contribution >= 0.6 is 0 Å². The molecule has 0 saturated carbocycles. The molecule has 5 heteroatoms. The normalized spacial score (nSPS) is 13.7. The maximum Gasteiger partial charge on any atom is 0.282 e. The van der Waals surface area contributed by atoms with Crippen molar-refractivity contribution in [3.63, 3.8) is 0 Å². The van der Waals surface area contributed by atoms with Crippen LogP contribution in [0.2, 0.25) is 0 Å². The van der Waals surface area contributed by atoms with E-state index in [1.807, 2.05) is 64.1 Å². The molecule has 2 amide bonds. The Bertz CT molecular complexity index is 1270. The summed E-state index contributed by atoms with van der Waals surface area (Å²) in [7, 11) is 1.55. The van der Waals surface area contributed by atoms with E-state index in [0.29, 0.717) is 22.6 Å².